The fourth-order valence-electron chi connectivity index (χ4n) is 5.65. The zero-order valence-corrected chi connectivity index (χ0v) is 17.0. The van der Waals surface area contributed by atoms with Crippen molar-refractivity contribution in [3.63, 3.8) is 0 Å². The van der Waals surface area contributed by atoms with Crippen molar-refractivity contribution in [3.8, 4) is 0 Å². The smallest absolute Gasteiger partial charge is 0.0554 e. The normalized spacial score (nSPS) is 22.6. The van der Waals surface area contributed by atoms with Gasteiger partial charge in [-0.3, -0.25) is 0 Å². The number of para-hydroxylation sites is 1. The van der Waals surface area contributed by atoms with E-state index in [0.29, 0.717) is 17.9 Å². The first kappa shape index (κ1) is 16.9. The number of aryl methyl sites for hydroxylation is 2. The molecule has 0 saturated carbocycles. The van der Waals surface area contributed by atoms with Crippen molar-refractivity contribution in [3.05, 3.63) is 89.5 Å². The van der Waals surface area contributed by atoms with Crippen LogP contribution in [-0.2, 0) is 6.54 Å². The Morgan fingerprint density at radius 1 is 0.966 bits per heavy atom. The lowest BCUT2D eigenvalue weighted by Crippen LogP contribution is -2.29. The topological polar surface area (TPSA) is 17.0 Å². The van der Waals surface area contributed by atoms with Gasteiger partial charge >= 0.3 is 0 Å². The van der Waals surface area contributed by atoms with E-state index in [2.05, 4.69) is 96.5 Å². The van der Waals surface area contributed by atoms with Gasteiger partial charge in [0.05, 0.1) is 6.04 Å². The second-order valence-corrected chi connectivity index (χ2v) is 8.60. The van der Waals surface area contributed by atoms with Crippen LogP contribution < -0.4 is 5.32 Å². The molecule has 3 aromatic carbocycles. The molecule has 2 aliphatic rings. The van der Waals surface area contributed by atoms with Crippen molar-refractivity contribution in [2.45, 2.75) is 38.8 Å². The quantitative estimate of drug-likeness (QED) is 0.373. The molecule has 0 bridgehead atoms. The summed E-state index contributed by atoms with van der Waals surface area (Å²) in [4.78, 5) is 0. The van der Waals surface area contributed by atoms with Crippen LogP contribution >= 0.6 is 0 Å². The summed E-state index contributed by atoms with van der Waals surface area (Å²) >= 11 is 0. The van der Waals surface area contributed by atoms with Crippen molar-refractivity contribution in [2.24, 2.45) is 5.92 Å². The third kappa shape index (κ3) is 2.42. The van der Waals surface area contributed by atoms with E-state index in [1.807, 2.05) is 0 Å². The molecule has 0 saturated heterocycles. The summed E-state index contributed by atoms with van der Waals surface area (Å²) in [5, 5.41) is 6.63. The molecule has 29 heavy (non-hydrogen) atoms. The van der Waals surface area contributed by atoms with Gasteiger partial charge in [-0.25, -0.2) is 0 Å². The minimum absolute atomic E-state index is 0.346. The summed E-state index contributed by atoms with van der Waals surface area (Å²) in [6.07, 6.45) is 5.95. The van der Waals surface area contributed by atoms with Gasteiger partial charge in [-0.05, 0) is 61.6 Å². The summed E-state index contributed by atoms with van der Waals surface area (Å²) in [6, 6.07) is 23.1. The molecule has 2 heterocycles. The van der Waals surface area contributed by atoms with Gasteiger partial charge in [-0.1, -0.05) is 54.1 Å². The van der Waals surface area contributed by atoms with Crippen molar-refractivity contribution >= 4 is 27.5 Å². The Morgan fingerprint density at radius 3 is 2.72 bits per heavy atom. The summed E-state index contributed by atoms with van der Waals surface area (Å²) in [7, 11) is 0. The van der Waals surface area contributed by atoms with Crippen LogP contribution in [0.5, 0.6) is 0 Å². The van der Waals surface area contributed by atoms with Crippen LogP contribution in [-0.4, -0.2) is 4.57 Å². The van der Waals surface area contributed by atoms with Crippen molar-refractivity contribution in [1.82, 2.24) is 4.57 Å². The third-order valence-corrected chi connectivity index (χ3v) is 6.99. The first-order chi connectivity index (χ1) is 14.2. The minimum Gasteiger partial charge on any atom is -0.378 e. The number of nitrogens with one attached hydrogen (secondary N) is 1. The Morgan fingerprint density at radius 2 is 1.83 bits per heavy atom. The molecule has 1 N–H and O–H groups in total. The highest BCUT2D eigenvalue weighted by Gasteiger charge is 2.37. The molecule has 1 aliphatic carbocycles. The van der Waals surface area contributed by atoms with Crippen molar-refractivity contribution in [2.75, 3.05) is 5.32 Å². The Bertz CT molecular complexity index is 1280. The fraction of sp³-hybridized carbons (Fsp3) is 0.259. The van der Waals surface area contributed by atoms with E-state index >= 15 is 0 Å². The molecule has 2 heteroatoms. The number of rotatable bonds is 2. The van der Waals surface area contributed by atoms with Crippen LogP contribution in [0.4, 0.5) is 5.69 Å². The molecule has 3 atom stereocenters. The molecule has 6 rings (SSSR count). The van der Waals surface area contributed by atoms with Crippen LogP contribution in [0.3, 0.4) is 0 Å². The lowest BCUT2D eigenvalue weighted by molar-refractivity contribution is 0.425. The number of aromatic nitrogens is 1. The van der Waals surface area contributed by atoms with E-state index in [1.165, 1.54) is 44.2 Å². The summed E-state index contributed by atoms with van der Waals surface area (Å²) < 4.78 is 2.43. The molecule has 1 aromatic heterocycles. The van der Waals surface area contributed by atoms with E-state index in [0.717, 1.165) is 13.0 Å². The van der Waals surface area contributed by atoms with E-state index in [4.69, 9.17) is 0 Å². The lowest BCUT2D eigenvalue weighted by atomic mass is 9.76. The van der Waals surface area contributed by atoms with Crippen LogP contribution in [0.25, 0.3) is 21.8 Å². The van der Waals surface area contributed by atoms with Gasteiger partial charge in [-0.2, -0.15) is 0 Å². The van der Waals surface area contributed by atoms with Crippen LogP contribution in [0.1, 0.15) is 42.0 Å². The van der Waals surface area contributed by atoms with Crippen LogP contribution in [0, 0.1) is 12.8 Å². The molecule has 144 valence electrons. The van der Waals surface area contributed by atoms with Crippen LogP contribution in [0.2, 0.25) is 0 Å². The van der Waals surface area contributed by atoms with E-state index in [-0.39, 0.29) is 0 Å². The maximum atomic E-state index is 3.90. The zero-order chi connectivity index (χ0) is 19.5. The van der Waals surface area contributed by atoms with Gasteiger partial charge in [0.15, 0.2) is 0 Å². The average Bonchev–Trinajstić information content (AvgIpc) is 3.36. The Labute approximate surface area is 171 Å². The van der Waals surface area contributed by atoms with Crippen molar-refractivity contribution < 1.29 is 0 Å². The lowest BCUT2D eigenvalue weighted by Gasteiger charge is -2.37. The monoisotopic (exact) mass is 378 g/mol. The predicted molar refractivity (Wildman–Crippen MR) is 123 cm³/mol. The zero-order valence-electron chi connectivity index (χ0n) is 17.0. The molecule has 0 amide bonds. The molecule has 0 radical (unpaired) electrons. The fourth-order valence-corrected chi connectivity index (χ4v) is 5.65. The summed E-state index contributed by atoms with van der Waals surface area (Å²) in [6.45, 7) is 5.42. The SMILES string of the molecule is CCn1c2ccccc2c2cc(C3Nc4ccc(C)cc4C4C=CCC43)ccc21. The maximum Gasteiger partial charge on any atom is 0.0554 e. The first-order valence-corrected chi connectivity index (χ1v) is 10.8. The number of nitrogens with zero attached hydrogens (tertiary/aromatic N) is 1. The first-order valence-electron chi connectivity index (χ1n) is 10.8. The maximum absolute atomic E-state index is 3.90. The molecule has 2 nitrogen and oxygen atoms in total. The standard InChI is InChI=1S/C27H26N2/c1-3-29-25-10-5-4-7-20(25)23-16-18(12-14-26(23)29)27-21-9-6-8-19(21)22-15-17(2)11-13-24(22)28-27/h4-8,10-16,19,21,27-28H,3,9H2,1-2H3. The highest BCUT2D eigenvalue weighted by molar-refractivity contribution is 6.08. The average molecular weight is 379 g/mol. The molecule has 0 fully saturated rings. The van der Waals surface area contributed by atoms with E-state index in [9.17, 15) is 0 Å². The predicted octanol–water partition coefficient (Wildman–Crippen LogP) is 6.95. The number of fused-ring (bicyclic) bond motifs is 6. The third-order valence-electron chi connectivity index (χ3n) is 6.99. The van der Waals surface area contributed by atoms with E-state index < -0.39 is 0 Å². The Balaban J connectivity index is 1.52. The highest BCUT2D eigenvalue weighted by Crippen LogP contribution is 2.50. The summed E-state index contributed by atoms with van der Waals surface area (Å²) in [5.41, 5.74) is 8.18. The highest BCUT2D eigenvalue weighted by atomic mass is 15.0. The molecular weight excluding hydrogens is 352 g/mol. The second kappa shape index (κ2) is 6.25. The van der Waals surface area contributed by atoms with E-state index in [1.54, 1.807) is 0 Å². The van der Waals surface area contributed by atoms with Gasteiger partial charge < -0.3 is 9.88 Å². The molecule has 0 spiro atoms. The molecule has 1 aliphatic heterocycles. The molecule has 4 aromatic rings. The second-order valence-electron chi connectivity index (χ2n) is 8.60. The summed E-state index contributed by atoms with van der Waals surface area (Å²) in [5.74, 6) is 1.10. The number of hydrogen-bond donors (Lipinski definition) is 1. The van der Waals surface area contributed by atoms with Gasteiger partial charge in [0, 0.05) is 40.0 Å². The number of benzene rings is 3. The Hall–Kier alpha value is -3.00. The number of anilines is 1. The number of hydrogen-bond acceptors (Lipinski definition) is 1. The van der Waals surface area contributed by atoms with Crippen LogP contribution in [0.15, 0.2) is 72.8 Å². The molecule has 3 unspecified atom stereocenters. The Kier molecular flexibility index (Phi) is 3.64. The largest absolute Gasteiger partial charge is 0.378 e. The van der Waals surface area contributed by atoms with Gasteiger partial charge in [0.25, 0.3) is 0 Å². The van der Waals surface area contributed by atoms with Crippen molar-refractivity contribution in [1.29, 1.82) is 0 Å². The number of allylic oxidation sites excluding steroid dienone is 2. The van der Waals surface area contributed by atoms with Gasteiger partial charge in [0.1, 0.15) is 0 Å². The van der Waals surface area contributed by atoms with Gasteiger partial charge in [-0.15, -0.1) is 0 Å². The van der Waals surface area contributed by atoms with Gasteiger partial charge in [0.2, 0.25) is 0 Å². The minimum atomic E-state index is 0.346. The molecular formula is C27H26N2.